The van der Waals surface area contributed by atoms with Crippen molar-refractivity contribution in [3.8, 4) is 0 Å². The average Bonchev–Trinajstić information content (AvgIpc) is 2.16. The summed E-state index contributed by atoms with van der Waals surface area (Å²) in [7, 11) is 0. The molecule has 0 aromatic carbocycles. The zero-order valence-corrected chi connectivity index (χ0v) is 9.13. The van der Waals surface area contributed by atoms with Gasteiger partial charge in [-0.15, -0.1) is 0 Å². The van der Waals surface area contributed by atoms with Crippen LogP contribution in [0.4, 0.5) is 0 Å². The van der Waals surface area contributed by atoms with Crippen LogP contribution in [-0.4, -0.2) is 5.91 Å². The van der Waals surface area contributed by atoms with Gasteiger partial charge in [-0.25, -0.2) is 0 Å². The highest BCUT2D eigenvalue weighted by Gasteiger charge is 2.08. The van der Waals surface area contributed by atoms with Crippen molar-refractivity contribution >= 4 is 5.91 Å². The Hall–Kier alpha value is -1.29. The molecule has 80 valence electrons. The number of hydrogen-bond acceptors (Lipinski definition) is 3. The Bertz CT molecular complexity index is 255. The van der Waals surface area contributed by atoms with Gasteiger partial charge in [0.05, 0.1) is 0 Å². The summed E-state index contributed by atoms with van der Waals surface area (Å²) in [6.07, 6.45) is 3.56. The summed E-state index contributed by atoms with van der Waals surface area (Å²) in [6, 6.07) is 0. The minimum atomic E-state index is -0.120. The molecule has 0 spiro atoms. The van der Waals surface area contributed by atoms with Crippen LogP contribution in [0, 0.1) is 5.92 Å². The van der Waals surface area contributed by atoms with Crippen molar-refractivity contribution in [1.29, 1.82) is 0 Å². The lowest BCUT2D eigenvalue weighted by atomic mass is 10.2. The fourth-order valence-electron chi connectivity index (χ4n) is 0.655. The van der Waals surface area contributed by atoms with Crippen molar-refractivity contribution in [1.82, 2.24) is 5.32 Å². The van der Waals surface area contributed by atoms with E-state index in [1.54, 1.807) is 19.9 Å². The highest BCUT2D eigenvalue weighted by atomic mass is 16.6. The molecule has 14 heavy (non-hydrogen) atoms. The number of allylic oxidation sites excluding steroid dienone is 3. The zero-order valence-electron chi connectivity index (χ0n) is 9.13. The van der Waals surface area contributed by atoms with Gasteiger partial charge in [0, 0.05) is 12.0 Å². The minimum Gasteiger partial charge on any atom is -0.393 e. The van der Waals surface area contributed by atoms with E-state index in [0.717, 1.165) is 5.57 Å². The van der Waals surface area contributed by atoms with Crippen LogP contribution < -0.4 is 11.2 Å². The largest absolute Gasteiger partial charge is 0.393 e. The third-order valence-corrected chi connectivity index (χ3v) is 1.71. The van der Waals surface area contributed by atoms with Crippen molar-refractivity contribution in [2.24, 2.45) is 11.8 Å². The lowest BCUT2D eigenvalue weighted by Crippen LogP contribution is -2.29. The van der Waals surface area contributed by atoms with Crippen molar-refractivity contribution in [3.05, 3.63) is 23.6 Å². The van der Waals surface area contributed by atoms with Gasteiger partial charge in [-0.05, 0) is 13.8 Å². The molecule has 0 aromatic heterocycles. The van der Waals surface area contributed by atoms with Gasteiger partial charge in [0.25, 0.3) is 0 Å². The van der Waals surface area contributed by atoms with Crippen LogP contribution >= 0.6 is 0 Å². The molecule has 0 atom stereocenters. The third kappa shape index (κ3) is 4.67. The predicted molar refractivity (Wildman–Crippen MR) is 55.8 cm³/mol. The summed E-state index contributed by atoms with van der Waals surface area (Å²) in [5, 5.41) is 2.57. The van der Waals surface area contributed by atoms with Crippen molar-refractivity contribution in [2.45, 2.75) is 27.7 Å². The van der Waals surface area contributed by atoms with E-state index in [-0.39, 0.29) is 17.7 Å². The quantitative estimate of drug-likeness (QED) is 0.408. The Kier molecular flexibility index (Phi) is 5.64. The van der Waals surface area contributed by atoms with E-state index >= 15 is 0 Å². The smallest absolute Gasteiger partial charge is 0.229 e. The van der Waals surface area contributed by atoms with E-state index in [2.05, 4.69) is 10.2 Å². The molecule has 4 heteroatoms. The summed E-state index contributed by atoms with van der Waals surface area (Å²) in [4.78, 5) is 15.8. The molecule has 0 unspecified atom stereocenters. The van der Waals surface area contributed by atoms with Crippen molar-refractivity contribution < 1.29 is 9.63 Å². The molecule has 4 nitrogen and oxygen atoms in total. The van der Waals surface area contributed by atoms with Gasteiger partial charge in [-0.2, -0.15) is 5.90 Å². The SMILES string of the molecule is C/C=C(C)\C=C(\NC(=O)C(C)C)ON. The van der Waals surface area contributed by atoms with E-state index in [4.69, 9.17) is 5.90 Å². The highest BCUT2D eigenvalue weighted by molar-refractivity contribution is 5.79. The van der Waals surface area contributed by atoms with Gasteiger partial charge in [-0.3, -0.25) is 10.1 Å². The number of amides is 1. The van der Waals surface area contributed by atoms with Gasteiger partial charge in [0.15, 0.2) is 0 Å². The molecule has 0 aliphatic carbocycles. The Labute approximate surface area is 84.8 Å². The highest BCUT2D eigenvalue weighted by Crippen LogP contribution is 2.01. The monoisotopic (exact) mass is 198 g/mol. The number of nitrogens with two attached hydrogens (primary N) is 1. The lowest BCUT2D eigenvalue weighted by Gasteiger charge is -2.09. The zero-order chi connectivity index (χ0) is 11.1. The molecule has 3 N–H and O–H groups in total. The molecular weight excluding hydrogens is 180 g/mol. The van der Waals surface area contributed by atoms with E-state index < -0.39 is 0 Å². The third-order valence-electron chi connectivity index (χ3n) is 1.71. The van der Waals surface area contributed by atoms with Crippen LogP contribution in [0.3, 0.4) is 0 Å². The molecule has 0 heterocycles. The van der Waals surface area contributed by atoms with Gasteiger partial charge in [-0.1, -0.05) is 25.5 Å². The number of carbonyl (C=O) groups excluding carboxylic acids is 1. The molecule has 0 saturated heterocycles. The molecule has 0 saturated carbocycles. The predicted octanol–water partition coefficient (Wildman–Crippen LogP) is 1.46. The molecule has 0 aromatic rings. The van der Waals surface area contributed by atoms with E-state index in [1.807, 2.05) is 19.9 Å². The first-order chi connectivity index (χ1) is 6.51. The van der Waals surface area contributed by atoms with Crippen LogP contribution in [0.2, 0.25) is 0 Å². The van der Waals surface area contributed by atoms with Gasteiger partial charge in [0.1, 0.15) is 0 Å². The summed E-state index contributed by atoms with van der Waals surface area (Å²) in [5.74, 6) is 5.06. The van der Waals surface area contributed by atoms with E-state index in [1.165, 1.54) is 0 Å². The maximum atomic E-state index is 11.3. The Balaban J connectivity index is 4.44. The second-order valence-corrected chi connectivity index (χ2v) is 3.30. The van der Waals surface area contributed by atoms with Gasteiger partial charge >= 0.3 is 0 Å². The molecule has 0 bridgehead atoms. The summed E-state index contributed by atoms with van der Waals surface area (Å²) in [5.41, 5.74) is 0.967. The normalized spacial score (nSPS) is 13.0. The Morgan fingerprint density at radius 1 is 1.50 bits per heavy atom. The number of nitrogens with one attached hydrogen (secondary N) is 1. The first kappa shape index (κ1) is 12.7. The molecule has 0 aliphatic rings. The second-order valence-electron chi connectivity index (χ2n) is 3.30. The Morgan fingerprint density at radius 2 is 2.07 bits per heavy atom. The summed E-state index contributed by atoms with van der Waals surface area (Å²) < 4.78 is 0. The van der Waals surface area contributed by atoms with Crippen molar-refractivity contribution in [2.75, 3.05) is 0 Å². The number of carbonyl (C=O) groups is 1. The topological polar surface area (TPSA) is 64.3 Å². The molecule has 0 aliphatic heterocycles. The summed E-state index contributed by atoms with van der Waals surface area (Å²) in [6.45, 7) is 7.38. The maximum absolute atomic E-state index is 11.3. The van der Waals surface area contributed by atoms with E-state index in [0.29, 0.717) is 0 Å². The van der Waals surface area contributed by atoms with Crippen LogP contribution in [0.1, 0.15) is 27.7 Å². The first-order valence-electron chi connectivity index (χ1n) is 4.53. The van der Waals surface area contributed by atoms with Crippen molar-refractivity contribution in [3.63, 3.8) is 0 Å². The first-order valence-corrected chi connectivity index (χ1v) is 4.53. The van der Waals surface area contributed by atoms with Gasteiger partial charge in [0.2, 0.25) is 11.8 Å². The lowest BCUT2D eigenvalue weighted by molar-refractivity contribution is -0.124. The minimum absolute atomic E-state index is 0.0977. The standard InChI is InChI=1S/C10H18N2O2/c1-5-8(4)6-9(14-11)12-10(13)7(2)3/h5-7H,11H2,1-4H3,(H,12,13)/b8-5-,9-6-. The van der Waals surface area contributed by atoms with Crippen LogP contribution in [0.25, 0.3) is 0 Å². The number of hydrogen-bond donors (Lipinski definition) is 2. The molecule has 0 radical (unpaired) electrons. The fourth-order valence-corrected chi connectivity index (χ4v) is 0.655. The maximum Gasteiger partial charge on any atom is 0.229 e. The van der Waals surface area contributed by atoms with Crippen LogP contribution in [0.5, 0.6) is 0 Å². The van der Waals surface area contributed by atoms with Crippen LogP contribution in [-0.2, 0) is 9.63 Å². The number of rotatable bonds is 4. The molecule has 1 amide bonds. The van der Waals surface area contributed by atoms with E-state index in [9.17, 15) is 4.79 Å². The fraction of sp³-hybridized carbons (Fsp3) is 0.500. The second kappa shape index (κ2) is 6.21. The van der Waals surface area contributed by atoms with Gasteiger partial charge < -0.3 is 4.84 Å². The molecule has 0 fully saturated rings. The average molecular weight is 198 g/mol. The Morgan fingerprint density at radius 3 is 2.43 bits per heavy atom. The summed E-state index contributed by atoms with van der Waals surface area (Å²) >= 11 is 0. The molecular formula is C10H18N2O2. The molecule has 0 rings (SSSR count). The van der Waals surface area contributed by atoms with Crippen LogP contribution in [0.15, 0.2) is 23.6 Å².